The number of halogens is 6. The fraction of sp³-hybridized carbons (Fsp3) is 0.471. The average molecular weight is 501 g/mol. The molecular weight excluding hydrogens is 480 g/mol. The number of nitrogen functional groups attached to an aromatic ring is 1. The number of carboxylic acid groups (broad SMARTS) is 2. The van der Waals surface area contributed by atoms with Crippen LogP contribution >= 0.6 is 0 Å². The first-order valence-electron chi connectivity index (χ1n) is 9.08. The number of H-pyrrole nitrogens is 1. The predicted molar refractivity (Wildman–Crippen MR) is 106 cm³/mol. The molecule has 2 aromatic rings. The number of alkyl halides is 6. The molecule has 34 heavy (non-hydrogen) atoms. The second-order valence-corrected chi connectivity index (χ2v) is 7.17. The SMILES string of the molecule is CNC1(C)CN(c2cc(-c3[nH]ncc3C)nc(N)n2)C1.O=C(O)C(F)(F)F.O=C(O)C(F)(F)F. The summed E-state index contributed by atoms with van der Waals surface area (Å²) in [5, 5.41) is 24.5. The molecular formula is C17H21F6N7O4. The van der Waals surface area contributed by atoms with Gasteiger partial charge in [0.1, 0.15) is 5.82 Å². The maximum Gasteiger partial charge on any atom is 0.490 e. The number of nitrogens with two attached hydrogens (primary N) is 1. The number of aliphatic carboxylic acids is 2. The molecule has 11 nitrogen and oxygen atoms in total. The number of aromatic nitrogens is 4. The Morgan fingerprint density at radius 2 is 1.59 bits per heavy atom. The molecule has 1 aliphatic heterocycles. The van der Waals surface area contributed by atoms with Gasteiger partial charge in [0.2, 0.25) is 5.95 Å². The van der Waals surface area contributed by atoms with Crippen molar-refractivity contribution >= 4 is 23.7 Å². The van der Waals surface area contributed by atoms with Crippen LogP contribution in [-0.2, 0) is 9.59 Å². The monoisotopic (exact) mass is 501 g/mol. The Morgan fingerprint density at radius 1 is 1.12 bits per heavy atom. The third-order valence-electron chi connectivity index (χ3n) is 4.31. The van der Waals surface area contributed by atoms with Gasteiger partial charge in [-0.15, -0.1) is 0 Å². The Hall–Kier alpha value is -3.63. The summed E-state index contributed by atoms with van der Waals surface area (Å²) in [6.07, 6.45) is -8.39. The van der Waals surface area contributed by atoms with E-state index >= 15 is 0 Å². The zero-order valence-corrected chi connectivity index (χ0v) is 17.9. The lowest BCUT2D eigenvalue weighted by Gasteiger charge is -2.48. The molecule has 0 bridgehead atoms. The van der Waals surface area contributed by atoms with Gasteiger partial charge >= 0.3 is 24.3 Å². The highest BCUT2D eigenvalue weighted by molar-refractivity contribution is 5.73. The molecule has 6 N–H and O–H groups in total. The number of hydrogen-bond donors (Lipinski definition) is 5. The third-order valence-corrected chi connectivity index (χ3v) is 4.31. The van der Waals surface area contributed by atoms with E-state index < -0.39 is 24.3 Å². The van der Waals surface area contributed by atoms with Crippen molar-refractivity contribution in [3.8, 4) is 11.4 Å². The smallest absolute Gasteiger partial charge is 0.475 e. The Labute approximate surface area is 188 Å². The van der Waals surface area contributed by atoms with Crippen LogP contribution in [0.1, 0.15) is 12.5 Å². The molecule has 190 valence electrons. The minimum Gasteiger partial charge on any atom is -0.475 e. The average Bonchev–Trinajstić information content (AvgIpc) is 3.10. The summed E-state index contributed by atoms with van der Waals surface area (Å²) in [6, 6.07) is 1.95. The molecule has 0 atom stereocenters. The van der Waals surface area contributed by atoms with Gasteiger partial charge in [0.05, 0.1) is 23.1 Å². The van der Waals surface area contributed by atoms with Crippen molar-refractivity contribution in [2.45, 2.75) is 31.7 Å². The van der Waals surface area contributed by atoms with E-state index in [1.807, 2.05) is 20.0 Å². The summed E-state index contributed by atoms with van der Waals surface area (Å²) >= 11 is 0. The first kappa shape index (κ1) is 28.4. The molecule has 1 aliphatic rings. The van der Waals surface area contributed by atoms with E-state index in [9.17, 15) is 26.3 Å². The fourth-order valence-electron chi connectivity index (χ4n) is 2.46. The summed E-state index contributed by atoms with van der Waals surface area (Å²) < 4.78 is 63.5. The lowest BCUT2D eigenvalue weighted by atomic mass is 9.92. The van der Waals surface area contributed by atoms with E-state index in [1.54, 1.807) is 6.20 Å². The molecule has 1 fully saturated rings. The molecule has 17 heteroatoms. The molecule has 0 aromatic carbocycles. The number of carboxylic acids is 2. The zero-order valence-electron chi connectivity index (χ0n) is 17.9. The van der Waals surface area contributed by atoms with Crippen LogP contribution in [0.4, 0.5) is 38.1 Å². The summed E-state index contributed by atoms with van der Waals surface area (Å²) in [7, 11) is 1.98. The number of carbonyl (C=O) groups is 2. The number of hydrogen-bond acceptors (Lipinski definition) is 8. The summed E-state index contributed by atoms with van der Waals surface area (Å²) in [5.41, 5.74) is 8.68. The van der Waals surface area contributed by atoms with Crippen molar-refractivity contribution in [1.29, 1.82) is 0 Å². The van der Waals surface area contributed by atoms with Crippen molar-refractivity contribution in [2.24, 2.45) is 0 Å². The van der Waals surface area contributed by atoms with Crippen LogP contribution in [0, 0.1) is 6.92 Å². The van der Waals surface area contributed by atoms with Gasteiger partial charge in [0, 0.05) is 19.2 Å². The van der Waals surface area contributed by atoms with Crippen LogP contribution in [0.25, 0.3) is 11.4 Å². The molecule has 0 aliphatic carbocycles. The predicted octanol–water partition coefficient (Wildman–Crippen LogP) is 1.82. The number of likely N-dealkylation sites (N-methyl/N-ethyl adjacent to an activating group) is 1. The standard InChI is InChI=1S/C13H19N7.2C2HF3O2/c1-8-5-16-19-11(8)9-4-10(18-12(14)17-9)20-6-13(2,7-20)15-3;2*3-2(4,5)1(6)7/h4-5,15H,6-7H2,1-3H3,(H,16,19)(H2,14,17,18);2*(H,6,7). The fourth-order valence-corrected chi connectivity index (χ4v) is 2.46. The number of aromatic amines is 1. The van der Waals surface area contributed by atoms with E-state index in [2.05, 4.69) is 37.3 Å². The topological polar surface area (TPSA) is 170 Å². The highest BCUT2D eigenvalue weighted by Crippen LogP contribution is 2.29. The number of aryl methyl sites for hydroxylation is 1. The first-order chi connectivity index (χ1) is 15.4. The molecule has 0 amide bonds. The number of anilines is 2. The first-order valence-corrected chi connectivity index (χ1v) is 9.08. The second-order valence-electron chi connectivity index (χ2n) is 7.17. The normalized spacial score (nSPS) is 14.7. The lowest BCUT2D eigenvalue weighted by Crippen LogP contribution is -2.67. The number of nitrogens with zero attached hydrogens (tertiary/aromatic N) is 4. The Balaban J connectivity index is 0.000000343. The Bertz CT molecular complexity index is 979. The molecule has 3 rings (SSSR count). The van der Waals surface area contributed by atoms with Crippen LogP contribution in [0.15, 0.2) is 12.3 Å². The summed E-state index contributed by atoms with van der Waals surface area (Å²) in [4.78, 5) is 28.6. The van der Waals surface area contributed by atoms with Crippen LogP contribution < -0.4 is 16.0 Å². The molecule has 0 unspecified atom stereocenters. The zero-order chi connectivity index (χ0) is 26.5. The van der Waals surface area contributed by atoms with Gasteiger partial charge in [-0.05, 0) is 26.5 Å². The molecule has 0 saturated carbocycles. The van der Waals surface area contributed by atoms with Crippen molar-refractivity contribution in [2.75, 3.05) is 30.8 Å². The minimum atomic E-state index is -5.08. The maximum atomic E-state index is 10.6. The van der Waals surface area contributed by atoms with E-state index in [-0.39, 0.29) is 11.5 Å². The Morgan fingerprint density at radius 3 is 1.94 bits per heavy atom. The van der Waals surface area contributed by atoms with E-state index in [0.717, 1.165) is 35.9 Å². The van der Waals surface area contributed by atoms with Gasteiger partial charge in [0.25, 0.3) is 0 Å². The van der Waals surface area contributed by atoms with Gasteiger partial charge in [0.15, 0.2) is 0 Å². The van der Waals surface area contributed by atoms with Crippen LogP contribution in [-0.4, -0.2) is 80.3 Å². The van der Waals surface area contributed by atoms with Gasteiger partial charge in [-0.1, -0.05) is 0 Å². The van der Waals surface area contributed by atoms with Crippen molar-refractivity contribution in [3.05, 3.63) is 17.8 Å². The van der Waals surface area contributed by atoms with Crippen molar-refractivity contribution in [1.82, 2.24) is 25.5 Å². The van der Waals surface area contributed by atoms with Gasteiger partial charge in [-0.25, -0.2) is 14.6 Å². The van der Waals surface area contributed by atoms with Crippen molar-refractivity contribution in [3.63, 3.8) is 0 Å². The highest BCUT2D eigenvalue weighted by Gasteiger charge is 2.39. The quantitative estimate of drug-likeness (QED) is 0.391. The van der Waals surface area contributed by atoms with E-state index in [4.69, 9.17) is 25.5 Å². The largest absolute Gasteiger partial charge is 0.490 e. The van der Waals surface area contributed by atoms with Crippen LogP contribution in [0.2, 0.25) is 0 Å². The second kappa shape index (κ2) is 10.5. The van der Waals surface area contributed by atoms with Gasteiger partial charge < -0.3 is 26.2 Å². The van der Waals surface area contributed by atoms with E-state index in [1.165, 1.54) is 0 Å². The third kappa shape index (κ3) is 8.05. The molecule has 0 spiro atoms. The minimum absolute atomic E-state index is 0.143. The van der Waals surface area contributed by atoms with Gasteiger partial charge in [-0.2, -0.15) is 36.4 Å². The number of rotatable bonds is 3. The molecule has 0 radical (unpaired) electrons. The molecule has 1 saturated heterocycles. The maximum absolute atomic E-state index is 10.6. The molecule has 2 aromatic heterocycles. The summed E-state index contributed by atoms with van der Waals surface area (Å²) in [5.74, 6) is -4.38. The molecule has 3 heterocycles. The highest BCUT2D eigenvalue weighted by atomic mass is 19.4. The summed E-state index contributed by atoms with van der Waals surface area (Å²) in [6.45, 7) is 5.98. The van der Waals surface area contributed by atoms with Crippen molar-refractivity contribution < 1.29 is 46.1 Å². The Kier molecular flexibility index (Phi) is 8.80. The van der Waals surface area contributed by atoms with E-state index in [0.29, 0.717) is 0 Å². The van der Waals surface area contributed by atoms with Crippen LogP contribution in [0.5, 0.6) is 0 Å². The lowest BCUT2D eigenvalue weighted by molar-refractivity contribution is -0.193. The van der Waals surface area contributed by atoms with Crippen LogP contribution in [0.3, 0.4) is 0 Å². The van der Waals surface area contributed by atoms with Gasteiger partial charge in [-0.3, -0.25) is 5.10 Å². The number of nitrogens with one attached hydrogen (secondary N) is 2.